The van der Waals surface area contributed by atoms with Crippen LogP contribution < -0.4 is 5.32 Å². The molecule has 0 radical (unpaired) electrons. The fraction of sp³-hybridized carbons (Fsp3) is 0.727. The second kappa shape index (κ2) is 6.50. The second-order valence-corrected chi connectivity index (χ2v) is 5.24. The van der Waals surface area contributed by atoms with E-state index in [1.165, 1.54) is 11.8 Å². The lowest BCUT2D eigenvalue weighted by Crippen LogP contribution is -2.48. The van der Waals surface area contributed by atoms with Crippen LogP contribution in [0.25, 0.3) is 0 Å². The van der Waals surface area contributed by atoms with Crippen LogP contribution in [0.3, 0.4) is 0 Å². The number of amides is 1. The third kappa shape index (κ3) is 4.65. The molecule has 1 aliphatic rings. The highest BCUT2D eigenvalue weighted by Crippen LogP contribution is 2.32. The molecule has 1 aliphatic carbocycles. The molecule has 1 rings (SSSR count). The smallest absolute Gasteiger partial charge is 0.305 e. The summed E-state index contributed by atoms with van der Waals surface area (Å²) in [4.78, 5) is 22.4. The number of nitrogens with one attached hydrogen (secondary N) is 1. The fourth-order valence-electron chi connectivity index (χ4n) is 2.21. The van der Waals surface area contributed by atoms with Crippen LogP contribution in [-0.2, 0) is 9.59 Å². The van der Waals surface area contributed by atoms with Gasteiger partial charge in [-0.3, -0.25) is 9.59 Å². The number of carbonyl (C=O) groups excluding carboxylic acids is 1. The van der Waals surface area contributed by atoms with Gasteiger partial charge in [-0.2, -0.15) is 5.26 Å². The molecule has 0 aromatic carbocycles. The average molecular weight is 256 g/mol. The summed E-state index contributed by atoms with van der Waals surface area (Å²) in [5.41, 5.74) is -0.559. The summed E-state index contributed by atoms with van der Waals surface area (Å²) in [5.74, 6) is -0.556. The zero-order chi connectivity index (χ0) is 12.7. The largest absolute Gasteiger partial charge is 0.481 e. The normalized spacial score (nSPS) is 17.4. The number of nitrogens with zero attached hydrogens (tertiary/aromatic N) is 1. The van der Waals surface area contributed by atoms with Crippen LogP contribution in [0.2, 0.25) is 0 Å². The molecule has 0 aliphatic heterocycles. The monoisotopic (exact) mass is 256 g/mol. The van der Waals surface area contributed by atoms with Crippen molar-refractivity contribution in [2.24, 2.45) is 0 Å². The number of hydrogen-bond acceptors (Lipinski definition) is 4. The summed E-state index contributed by atoms with van der Waals surface area (Å²) in [7, 11) is 0. The molecule has 5 nitrogen and oxygen atoms in total. The number of nitriles is 1. The van der Waals surface area contributed by atoms with Crippen LogP contribution in [0.4, 0.5) is 0 Å². The number of carboxylic acids is 1. The Hall–Kier alpha value is -1.22. The number of carboxylic acid groups (broad SMARTS) is 1. The minimum absolute atomic E-state index is 0.0122. The Labute approximate surface area is 105 Å². The molecule has 6 heteroatoms. The number of hydrogen-bond donors (Lipinski definition) is 2. The number of aliphatic carboxylic acids is 1. The van der Waals surface area contributed by atoms with Gasteiger partial charge in [0.05, 0.1) is 29.5 Å². The molecule has 0 bridgehead atoms. The number of thioether (sulfide) groups is 1. The summed E-state index contributed by atoms with van der Waals surface area (Å²) >= 11 is 1.24. The molecule has 0 aromatic heterocycles. The maximum atomic E-state index is 11.6. The summed E-state index contributed by atoms with van der Waals surface area (Å²) in [6.07, 6.45) is 3.36. The van der Waals surface area contributed by atoms with E-state index < -0.39 is 11.5 Å². The van der Waals surface area contributed by atoms with Crippen LogP contribution >= 0.6 is 11.8 Å². The van der Waals surface area contributed by atoms with Crippen LogP contribution in [0.1, 0.15) is 32.1 Å². The first kappa shape index (κ1) is 13.8. The quantitative estimate of drug-likeness (QED) is 0.696. The molecular weight excluding hydrogens is 240 g/mol. The molecule has 94 valence electrons. The van der Waals surface area contributed by atoms with E-state index in [4.69, 9.17) is 10.4 Å². The Morgan fingerprint density at radius 1 is 1.41 bits per heavy atom. The van der Waals surface area contributed by atoms with E-state index in [-0.39, 0.29) is 23.8 Å². The van der Waals surface area contributed by atoms with Crippen molar-refractivity contribution in [3.05, 3.63) is 0 Å². The van der Waals surface area contributed by atoms with Gasteiger partial charge < -0.3 is 10.4 Å². The summed E-state index contributed by atoms with van der Waals surface area (Å²) in [6, 6.07) is 1.95. The topological polar surface area (TPSA) is 90.2 Å². The van der Waals surface area contributed by atoms with Crippen LogP contribution in [0.5, 0.6) is 0 Å². The van der Waals surface area contributed by atoms with E-state index >= 15 is 0 Å². The molecule has 0 saturated heterocycles. The zero-order valence-electron chi connectivity index (χ0n) is 9.57. The minimum atomic E-state index is -0.878. The van der Waals surface area contributed by atoms with Crippen molar-refractivity contribution in [1.29, 1.82) is 5.26 Å². The highest BCUT2D eigenvalue weighted by molar-refractivity contribution is 8.00. The Balaban J connectivity index is 2.46. The van der Waals surface area contributed by atoms with Crippen LogP contribution in [0.15, 0.2) is 0 Å². The van der Waals surface area contributed by atoms with Crippen molar-refractivity contribution in [2.45, 2.75) is 37.6 Å². The fourth-order valence-corrected chi connectivity index (χ4v) is 2.66. The molecule has 0 heterocycles. The van der Waals surface area contributed by atoms with Crippen molar-refractivity contribution < 1.29 is 14.7 Å². The lowest BCUT2D eigenvalue weighted by molar-refractivity contribution is -0.139. The molecule has 0 spiro atoms. The van der Waals surface area contributed by atoms with Gasteiger partial charge in [-0.05, 0) is 12.8 Å². The number of rotatable bonds is 6. The minimum Gasteiger partial charge on any atom is -0.481 e. The van der Waals surface area contributed by atoms with Crippen molar-refractivity contribution in [3.8, 4) is 6.07 Å². The first-order valence-corrected chi connectivity index (χ1v) is 6.71. The predicted octanol–water partition coefficient (Wildman–Crippen LogP) is 1.15. The Kier molecular flexibility index (Phi) is 5.29. The molecule has 1 fully saturated rings. The zero-order valence-corrected chi connectivity index (χ0v) is 10.4. The third-order valence-corrected chi connectivity index (χ3v) is 3.65. The standard InChI is InChI=1S/C11H16N2O3S/c12-5-6-17-8-9(14)13-11(7-10(15)16)3-1-2-4-11/h1-4,6-8H2,(H,13,14)(H,15,16). The molecule has 1 saturated carbocycles. The van der Waals surface area contributed by atoms with E-state index in [9.17, 15) is 9.59 Å². The predicted molar refractivity (Wildman–Crippen MR) is 64.5 cm³/mol. The summed E-state index contributed by atoms with van der Waals surface area (Å²) in [6.45, 7) is 0. The van der Waals surface area contributed by atoms with Crippen LogP contribution in [0, 0.1) is 11.3 Å². The van der Waals surface area contributed by atoms with E-state index in [0.29, 0.717) is 0 Å². The average Bonchev–Trinajstić information content (AvgIpc) is 2.65. The first-order valence-electron chi connectivity index (χ1n) is 5.55. The lowest BCUT2D eigenvalue weighted by Gasteiger charge is -2.28. The molecule has 0 aromatic rings. The highest BCUT2D eigenvalue weighted by atomic mass is 32.2. The molecule has 17 heavy (non-hydrogen) atoms. The summed E-state index contributed by atoms with van der Waals surface area (Å²) in [5, 5.41) is 20.1. The van der Waals surface area contributed by atoms with Gasteiger partial charge >= 0.3 is 5.97 Å². The Bertz CT molecular complexity index is 332. The SMILES string of the molecule is N#CCSCC(=O)NC1(CC(=O)O)CCCC1. The maximum absolute atomic E-state index is 11.6. The second-order valence-electron chi connectivity index (χ2n) is 4.26. The molecule has 0 atom stereocenters. The van der Waals surface area contributed by atoms with Gasteiger partial charge in [-0.15, -0.1) is 11.8 Å². The van der Waals surface area contributed by atoms with Crippen molar-refractivity contribution in [2.75, 3.05) is 11.5 Å². The lowest BCUT2D eigenvalue weighted by atomic mass is 9.93. The van der Waals surface area contributed by atoms with Gasteiger partial charge in [-0.1, -0.05) is 12.8 Å². The molecule has 1 amide bonds. The van der Waals surface area contributed by atoms with Gasteiger partial charge in [0, 0.05) is 0 Å². The van der Waals surface area contributed by atoms with Crippen molar-refractivity contribution >= 4 is 23.6 Å². The Morgan fingerprint density at radius 2 is 2.06 bits per heavy atom. The summed E-state index contributed by atoms with van der Waals surface area (Å²) < 4.78 is 0. The van der Waals surface area contributed by atoms with Crippen molar-refractivity contribution in [3.63, 3.8) is 0 Å². The number of carbonyl (C=O) groups is 2. The third-order valence-electron chi connectivity index (χ3n) is 2.85. The van der Waals surface area contributed by atoms with Crippen molar-refractivity contribution in [1.82, 2.24) is 5.32 Å². The maximum Gasteiger partial charge on any atom is 0.305 e. The van der Waals surface area contributed by atoms with E-state index in [1.807, 2.05) is 6.07 Å². The van der Waals surface area contributed by atoms with Crippen LogP contribution in [-0.4, -0.2) is 34.0 Å². The van der Waals surface area contributed by atoms with Gasteiger partial charge in [0.2, 0.25) is 5.91 Å². The van der Waals surface area contributed by atoms with Gasteiger partial charge in [0.15, 0.2) is 0 Å². The van der Waals surface area contributed by atoms with E-state index in [0.717, 1.165) is 25.7 Å². The molecule has 2 N–H and O–H groups in total. The van der Waals surface area contributed by atoms with Gasteiger partial charge in [-0.25, -0.2) is 0 Å². The molecular formula is C11H16N2O3S. The van der Waals surface area contributed by atoms with E-state index in [1.54, 1.807) is 0 Å². The Morgan fingerprint density at radius 3 is 2.59 bits per heavy atom. The highest BCUT2D eigenvalue weighted by Gasteiger charge is 2.37. The first-order chi connectivity index (χ1) is 8.08. The van der Waals surface area contributed by atoms with Gasteiger partial charge in [0.25, 0.3) is 0 Å². The van der Waals surface area contributed by atoms with E-state index in [2.05, 4.69) is 5.32 Å². The van der Waals surface area contributed by atoms with Gasteiger partial charge in [0.1, 0.15) is 0 Å². The molecule has 0 unspecified atom stereocenters.